The quantitative estimate of drug-likeness (QED) is 0.563. The minimum absolute atomic E-state index is 0.0303. The van der Waals surface area contributed by atoms with Crippen LogP contribution in [0.1, 0.15) is 19.3 Å². The van der Waals surface area contributed by atoms with Crippen molar-refractivity contribution >= 4 is 34.3 Å². The van der Waals surface area contributed by atoms with Crippen molar-refractivity contribution in [2.75, 3.05) is 31.8 Å². The molecule has 3 fully saturated rings. The highest BCUT2D eigenvalue weighted by molar-refractivity contribution is 6.32. The average molecular weight is 486 g/mol. The van der Waals surface area contributed by atoms with Crippen LogP contribution in [0.2, 0.25) is 5.02 Å². The lowest BCUT2D eigenvalue weighted by atomic mass is 9.95. The second-order valence-electron chi connectivity index (χ2n) is 9.05. The lowest BCUT2D eigenvalue weighted by Gasteiger charge is -2.31. The number of piperidine rings is 1. The first-order valence-electron chi connectivity index (χ1n) is 11.3. The van der Waals surface area contributed by atoms with E-state index in [1.54, 1.807) is 10.9 Å². The summed E-state index contributed by atoms with van der Waals surface area (Å²) in [5.41, 5.74) is 0.791. The minimum atomic E-state index is -0.711. The second kappa shape index (κ2) is 8.28. The Morgan fingerprint density at radius 2 is 2.09 bits per heavy atom. The van der Waals surface area contributed by atoms with Gasteiger partial charge in [0.25, 0.3) is 0 Å². The first kappa shape index (κ1) is 21.4. The Hall–Kier alpha value is -3.11. The van der Waals surface area contributed by atoms with Gasteiger partial charge in [0.2, 0.25) is 0 Å². The molecular formula is C23H24ClN5O5. The number of aromatic nitrogens is 4. The first-order chi connectivity index (χ1) is 16.5. The highest BCUT2D eigenvalue weighted by atomic mass is 35.5. The monoisotopic (exact) mass is 485 g/mol. The molecule has 4 heterocycles. The lowest BCUT2D eigenvalue weighted by molar-refractivity contribution is -0.143. The molecule has 0 spiro atoms. The van der Waals surface area contributed by atoms with Crippen molar-refractivity contribution in [1.29, 1.82) is 0 Å². The molecule has 178 valence electrons. The molecule has 2 bridgehead atoms. The van der Waals surface area contributed by atoms with Crippen molar-refractivity contribution < 1.29 is 24.1 Å². The fourth-order valence-corrected chi connectivity index (χ4v) is 5.59. The van der Waals surface area contributed by atoms with Crippen molar-refractivity contribution in [2.45, 2.75) is 31.4 Å². The Bertz CT molecular complexity index is 1260. The van der Waals surface area contributed by atoms with Gasteiger partial charge in [-0.3, -0.25) is 4.79 Å². The van der Waals surface area contributed by atoms with Crippen LogP contribution in [-0.4, -0.2) is 69.8 Å². The Morgan fingerprint density at radius 1 is 1.24 bits per heavy atom. The molecule has 1 N–H and O–H groups in total. The van der Waals surface area contributed by atoms with Gasteiger partial charge in [0.1, 0.15) is 17.7 Å². The van der Waals surface area contributed by atoms with Gasteiger partial charge in [-0.05, 0) is 24.8 Å². The number of aliphatic carboxylic acids is 1. The largest absolute Gasteiger partial charge is 0.486 e. The number of carbonyl (C=O) groups is 1. The Labute approximate surface area is 200 Å². The number of hydrogen-bond acceptors (Lipinski definition) is 8. The molecule has 10 nitrogen and oxygen atoms in total. The maximum Gasteiger partial charge on any atom is 0.320 e. The zero-order valence-electron chi connectivity index (χ0n) is 18.6. The van der Waals surface area contributed by atoms with Crippen LogP contribution in [0.25, 0.3) is 16.7 Å². The van der Waals surface area contributed by atoms with Gasteiger partial charge in [-0.2, -0.15) is 15.1 Å². The third kappa shape index (κ3) is 3.61. The Kier molecular flexibility index (Phi) is 5.22. The molecule has 3 aliphatic rings. The van der Waals surface area contributed by atoms with E-state index in [0.29, 0.717) is 48.6 Å². The molecule has 1 aromatic carbocycles. The Balaban J connectivity index is 1.36. The number of anilines is 1. The van der Waals surface area contributed by atoms with Crippen molar-refractivity contribution in [3.05, 3.63) is 29.4 Å². The van der Waals surface area contributed by atoms with Crippen LogP contribution in [-0.2, 0) is 9.53 Å². The molecule has 0 radical (unpaired) electrons. The smallest absolute Gasteiger partial charge is 0.320 e. The van der Waals surface area contributed by atoms with Gasteiger partial charge in [-0.1, -0.05) is 11.6 Å². The third-order valence-electron chi connectivity index (χ3n) is 7.03. The van der Waals surface area contributed by atoms with Gasteiger partial charge in [0, 0.05) is 36.5 Å². The number of carboxylic acid groups (broad SMARTS) is 1. The topological polar surface area (TPSA) is 112 Å². The first-order valence-corrected chi connectivity index (χ1v) is 11.7. The maximum atomic E-state index is 11.5. The van der Waals surface area contributed by atoms with Gasteiger partial charge in [-0.25, -0.2) is 4.68 Å². The molecule has 1 saturated carbocycles. The number of halogens is 1. The Morgan fingerprint density at radius 3 is 2.79 bits per heavy atom. The fourth-order valence-electron chi connectivity index (χ4n) is 5.37. The SMILES string of the molecule is COc1nc(N2CC3CC2CC3C(=O)O)cc(-n2ncc3cc(Cl)c(OC4CCOC4)cc32)n1. The molecule has 4 unspecified atom stereocenters. The van der Waals surface area contributed by atoms with Gasteiger partial charge in [0.15, 0.2) is 5.82 Å². The van der Waals surface area contributed by atoms with Gasteiger partial charge in [0.05, 0.1) is 43.0 Å². The van der Waals surface area contributed by atoms with E-state index in [1.165, 1.54) is 7.11 Å². The molecule has 3 aromatic rings. The number of carboxylic acids is 1. The summed E-state index contributed by atoms with van der Waals surface area (Å²) in [5.74, 6) is 0.954. The van der Waals surface area contributed by atoms with E-state index >= 15 is 0 Å². The van der Waals surface area contributed by atoms with Crippen molar-refractivity contribution in [1.82, 2.24) is 19.7 Å². The van der Waals surface area contributed by atoms with Gasteiger partial charge < -0.3 is 24.2 Å². The van der Waals surface area contributed by atoms with E-state index in [9.17, 15) is 9.90 Å². The zero-order chi connectivity index (χ0) is 23.4. The molecule has 0 amide bonds. The molecule has 1 aliphatic carbocycles. The number of ether oxygens (including phenoxy) is 3. The number of fused-ring (bicyclic) bond motifs is 3. The lowest BCUT2D eigenvalue weighted by Crippen LogP contribution is -2.38. The van der Waals surface area contributed by atoms with Crippen LogP contribution >= 0.6 is 11.6 Å². The zero-order valence-corrected chi connectivity index (χ0v) is 19.3. The normalized spacial score (nSPS) is 25.9. The second-order valence-corrected chi connectivity index (χ2v) is 9.46. The summed E-state index contributed by atoms with van der Waals surface area (Å²) in [5, 5.41) is 15.4. The summed E-state index contributed by atoms with van der Waals surface area (Å²) in [6.45, 7) is 1.87. The summed E-state index contributed by atoms with van der Waals surface area (Å²) in [6, 6.07) is 5.93. The van der Waals surface area contributed by atoms with E-state index in [1.807, 2.05) is 18.2 Å². The average Bonchev–Trinajstić information content (AvgIpc) is 3.63. The molecule has 2 saturated heterocycles. The maximum absolute atomic E-state index is 11.5. The minimum Gasteiger partial charge on any atom is -0.486 e. The van der Waals surface area contributed by atoms with Crippen LogP contribution in [0.15, 0.2) is 24.4 Å². The standard InChI is InChI=1S/C23H24ClN5O5/c1-32-23-26-20(28-10-13-4-14(28)6-16(13)22(30)31)8-21(27-23)29-18-7-19(34-15-2-3-33-11-15)17(24)5-12(18)9-25-29/h5,7-9,13-16H,2-4,6,10-11H2,1H3,(H,30,31). The highest BCUT2D eigenvalue weighted by Gasteiger charge is 2.48. The molecule has 6 rings (SSSR count). The van der Waals surface area contributed by atoms with E-state index in [0.717, 1.165) is 23.7 Å². The molecular weight excluding hydrogens is 462 g/mol. The van der Waals surface area contributed by atoms with Crippen molar-refractivity contribution in [3.63, 3.8) is 0 Å². The van der Waals surface area contributed by atoms with Gasteiger partial charge >= 0.3 is 12.0 Å². The summed E-state index contributed by atoms with van der Waals surface area (Å²) < 4.78 is 18.6. The van der Waals surface area contributed by atoms with E-state index in [-0.39, 0.29) is 30.0 Å². The van der Waals surface area contributed by atoms with Crippen molar-refractivity contribution in [2.24, 2.45) is 11.8 Å². The van der Waals surface area contributed by atoms with E-state index in [4.69, 9.17) is 25.8 Å². The van der Waals surface area contributed by atoms with Crippen LogP contribution in [0.5, 0.6) is 11.8 Å². The summed E-state index contributed by atoms with van der Waals surface area (Å²) >= 11 is 6.47. The highest BCUT2D eigenvalue weighted by Crippen LogP contribution is 2.44. The van der Waals surface area contributed by atoms with Crippen LogP contribution < -0.4 is 14.4 Å². The number of benzene rings is 1. The van der Waals surface area contributed by atoms with Gasteiger partial charge in [-0.15, -0.1) is 0 Å². The fraction of sp³-hybridized carbons (Fsp3) is 0.478. The van der Waals surface area contributed by atoms with Crippen LogP contribution in [0, 0.1) is 11.8 Å². The molecule has 2 aliphatic heterocycles. The summed E-state index contributed by atoms with van der Waals surface area (Å²) in [4.78, 5) is 22.8. The van der Waals surface area contributed by atoms with Crippen LogP contribution in [0.3, 0.4) is 0 Å². The number of nitrogens with zero attached hydrogens (tertiary/aromatic N) is 5. The number of hydrogen-bond donors (Lipinski definition) is 1. The predicted octanol–water partition coefficient (Wildman–Crippen LogP) is 2.94. The number of methoxy groups -OCH3 is 1. The molecule has 2 aromatic heterocycles. The van der Waals surface area contributed by atoms with Crippen molar-refractivity contribution in [3.8, 4) is 17.6 Å². The summed E-state index contributed by atoms with van der Waals surface area (Å²) in [7, 11) is 1.52. The predicted molar refractivity (Wildman–Crippen MR) is 123 cm³/mol. The third-order valence-corrected chi connectivity index (χ3v) is 7.33. The number of rotatable bonds is 6. The van der Waals surface area contributed by atoms with Crippen LogP contribution in [0.4, 0.5) is 5.82 Å². The molecule has 11 heteroatoms. The molecule has 4 atom stereocenters. The van der Waals surface area contributed by atoms with E-state index in [2.05, 4.69) is 20.0 Å². The van der Waals surface area contributed by atoms with E-state index < -0.39 is 5.97 Å². The summed E-state index contributed by atoms with van der Waals surface area (Å²) in [6.07, 6.45) is 4.00. The molecule has 34 heavy (non-hydrogen) atoms.